The van der Waals surface area contributed by atoms with E-state index in [2.05, 4.69) is 20.3 Å². The van der Waals surface area contributed by atoms with Gasteiger partial charge >= 0.3 is 5.97 Å². The summed E-state index contributed by atoms with van der Waals surface area (Å²) >= 11 is 0. The van der Waals surface area contributed by atoms with Crippen LogP contribution in [0.15, 0.2) is 49.3 Å². The smallest absolute Gasteiger partial charge is 0.338 e. The molecule has 2 aromatic heterocycles. The number of benzene rings is 1. The Morgan fingerprint density at radius 3 is 2.69 bits per heavy atom. The molecule has 0 bridgehead atoms. The molecular weight excluding hydrogens is 332 g/mol. The van der Waals surface area contributed by atoms with E-state index in [0.29, 0.717) is 35.4 Å². The highest BCUT2D eigenvalue weighted by Gasteiger charge is 2.11. The molecule has 0 spiro atoms. The third kappa shape index (κ3) is 3.97. The number of carbonyl (C=O) groups excluding carboxylic acids is 1. The van der Waals surface area contributed by atoms with E-state index in [4.69, 9.17) is 10.5 Å². The second kappa shape index (κ2) is 7.64. The van der Waals surface area contributed by atoms with Gasteiger partial charge in [0.25, 0.3) is 0 Å². The molecule has 3 aromatic rings. The molecule has 1 aromatic carbocycles. The first-order valence-corrected chi connectivity index (χ1v) is 8.17. The van der Waals surface area contributed by atoms with Crippen LogP contribution in [-0.2, 0) is 4.74 Å². The van der Waals surface area contributed by atoms with Crippen LogP contribution < -0.4 is 11.1 Å². The Balaban J connectivity index is 1.74. The van der Waals surface area contributed by atoms with Crippen LogP contribution >= 0.6 is 0 Å². The van der Waals surface area contributed by atoms with Crippen molar-refractivity contribution in [3.8, 4) is 5.82 Å². The predicted octanol–water partition coefficient (Wildman–Crippen LogP) is 2.80. The number of hydrogen-bond acceptors (Lipinski definition) is 7. The minimum atomic E-state index is -0.339. The van der Waals surface area contributed by atoms with Gasteiger partial charge in [0.05, 0.1) is 12.2 Å². The van der Waals surface area contributed by atoms with Crippen molar-refractivity contribution in [2.75, 3.05) is 17.7 Å². The second-order valence-electron chi connectivity index (χ2n) is 6.12. The van der Waals surface area contributed by atoms with Crippen LogP contribution in [0.1, 0.15) is 24.2 Å². The molecule has 8 nitrogen and oxygen atoms in total. The van der Waals surface area contributed by atoms with Gasteiger partial charge in [-0.15, -0.1) is 0 Å². The van der Waals surface area contributed by atoms with E-state index in [1.54, 1.807) is 47.6 Å². The summed E-state index contributed by atoms with van der Waals surface area (Å²) in [7, 11) is 0. The molecule has 134 valence electrons. The maximum atomic E-state index is 12.0. The Kier molecular flexibility index (Phi) is 5.12. The monoisotopic (exact) mass is 352 g/mol. The van der Waals surface area contributed by atoms with Crippen molar-refractivity contribution in [1.29, 1.82) is 0 Å². The van der Waals surface area contributed by atoms with Crippen molar-refractivity contribution in [2.45, 2.75) is 13.8 Å². The number of nitrogens with two attached hydrogens (primary N) is 1. The van der Waals surface area contributed by atoms with Gasteiger partial charge in [0, 0.05) is 18.1 Å². The van der Waals surface area contributed by atoms with E-state index in [-0.39, 0.29) is 5.97 Å². The largest absolute Gasteiger partial charge is 0.462 e. The molecule has 0 aliphatic heterocycles. The molecule has 0 amide bonds. The van der Waals surface area contributed by atoms with E-state index < -0.39 is 0 Å². The van der Waals surface area contributed by atoms with Crippen molar-refractivity contribution in [3.05, 3.63) is 54.9 Å². The van der Waals surface area contributed by atoms with E-state index >= 15 is 0 Å². The number of hydrogen-bond donors (Lipinski definition) is 2. The van der Waals surface area contributed by atoms with Crippen molar-refractivity contribution in [3.63, 3.8) is 0 Å². The molecule has 0 aliphatic rings. The summed E-state index contributed by atoms with van der Waals surface area (Å²) in [5.41, 5.74) is 7.79. The maximum Gasteiger partial charge on any atom is 0.338 e. The Morgan fingerprint density at radius 2 is 2.04 bits per heavy atom. The van der Waals surface area contributed by atoms with Gasteiger partial charge in [0.2, 0.25) is 0 Å². The first-order valence-electron chi connectivity index (χ1n) is 8.17. The zero-order valence-electron chi connectivity index (χ0n) is 14.6. The summed E-state index contributed by atoms with van der Waals surface area (Å²) in [5.74, 6) is 0.965. The number of esters is 1. The van der Waals surface area contributed by atoms with Gasteiger partial charge in [-0.1, -0.05) is 13.8 Å². The van der Waals surface area contributed by atoms with Crippen LogP contribution in [0, 0.1) is 5.92 Å². The number of carbonyl (C=O) groups is 1. The molecule has 2 heterocycles. The number of aromatic nitrogens is 4. The molecule has 3 rings (SSSR count). The predicted molar refractivity (Wildman–Crippen MR) is 98.4 cm³/mol. The molecule has 0 saturated carbocycles. The number of nitrogens with zero attached hydrogens (tertiary/aromatic N) is 4. The number of nitrogens with one attached hydrogen (secondary N) is 1. The first kappa shape index (κ1) is 17.4. The Morgan fingerprint density at radius 1 is 1.27 bits per heavy atom. The fourth-order valence-corrected chi connectivity index (χ4v) is 2.23. The summed E-state index contributed by atoms with van der Waals surface area (Å²) in [6, 6.07) is 6.92. The highest BCUT2D eigenvalue weighted by molar-refractivity contribution is 5.90. The van der Waals surface area contributed by atoms with Crippen LogP contribution in [-0.4, -0.2) is 32.1 Å². The normalized spacial score (nSPS) is 10.7. The molecule has 0 atom stereocenters. The zero-order valence-corrected chi connectivity index (χ0v) is 14.6. The Labute approximate surface area is 151 Å². The maximum absolute atomic E-state index is 12.0. The lowest BCUT2D eigenvalue weighted by molar-refractivity contribution is 0.0459. The van der Waals surface area contributed by atoms with Gasteiger partial charge in [-0.25, -0.2) is 19.7 Å². The molecule has 0 saturated heterocycles. The van der Waals surface area contributed by atoms with Crippen LogP contribution in [0.2, 0.25) is 0 Å². The van der Waals surface area contributed by atoms with Crippen LogP contribution in [0.5, 0.6) is 0 Å². The standard InChI is InChI=1S/C18H20N6O2/c1-12(2)9-26-18(25)13-3-5-14(6-4-13)23-16-15(19)17(22-10-21-16)24-8-7-20-11-24/h3-8,10-12H,9,19H2,1-2H3,(H,21,22,23). The number of ether oxygens (including phenoxy) is 1. The van der Waals surface area contributed by atoms with Gasteiger partial charge in [-0.05, 0) is 30.2 Å². The quantitative estimate of drug-likeness (QED) is 0.657. The van der Waals surface area contributed by atoms with Crippen LogP contribution in [0.3, 0.4) is 0 Å². The fourth-order valence-electron chi connectivity index (χ4n) is 2.23. The van der Waals surface area contributed by atoms with E-state index in [1.165, 1.54) is 6.33 Å². The summed E-state index contributed by atoms with van der Waals surface area (Å²) < 4.78 is 6.92. The number of rotatable bonds is 6. The van der Waals surface area contributed by atoms with Gasteiger partial charge in [-0.2, -0.15) is 0 Å². The summed E-state index contributed by atoms with van der Waals surface area (Å²) in [6.45, 7) is 4.38. The average molecular weight is 352 g/mol. The third-order valence-corrected chi connectivity index (χ3v) is 3.54. The molecule has 0 aliphatic carbocycles. The fraction of sp³-hybridized carbons (Fsp3) is 0.222. The van der Waals surface area contributed by atoms with Crippen molar-refractivity contribution < 1.29 is 9.53 Å². The Bertz CT molecular complexity index is 875. The van der Waals surface area contributed by atoms with Gasteiger partial charge in [-0.3, -0.25) is 4.57 Å². The van der Waals surface area contributed by atoms with E-state index in [9.17, 15) is 4.79 Å². The zero-order chi connectivity index (χ0) is 18.5. The van der Waals surface area contributed by atoms with E-state index in [0.717, 1.165) is 5.69 Å². The van der Waals surface area contributed by atoms with Crippen LogP contribution in [0.4, 0.5) is 17.2 Å². The van der Waals surface area contributed by atoms with Gasteiger partial charge in [0.15, 0.2) is 11.6 Å². The highest BCUT2D eigenvalue weighted by Crippen LogP contribution is 2.25. The number of nitrogen functional groups attached to an aromatic ring is 1. The summed E-state index contributed by atoms with van der Waals surface area (Å²) in [4.78, 5) is 24.3. The molecule has 0 radical (unpaired) electrons. The topological polar surface area (TPSA) is 108 Å². The molecular formula is C18H20N6O2. The SMILES string of the molecule is CC(C)COC(=O)c1ccc(Nc2ncnc(-n3ccnc3)c2N)cc1. The average Bonchev–Trinajstić information content (AvgIpc) is 3.16. The lowest BCUT2D eigenvalue weighted by atomic mass is 10.2. The number of imidazole rings is 1. The third-order valence-electron chi connectivity index (χ3n) is 3.54. The second-order valence-corrected chi connectivity index (χ2v) is 6.12. The van der Waals surface area contributed by atoms with Crippen molar-refractivity contribution in [1.82, 2.24) is 19.5 Å². The molecule has 0 unspecified atom stereocenters. The Hall–Kier alpha value is -3.42. The molecule has 26 heavy (non-hydrogen) atoms. The van der Waals surface area contributed by atoms with Gasteiger partial charge < -0.3 is 15.8 Å². The number of anilines is 3. The lowest BCUT2D eigenvalue weighted by Crippen LogP contribution is -2.10. The molecule has 0 fully saturated rings. The summed E-state index contributed by atoms with van der Waals surface area (Å²) in [6.07, 6.45) is 6.43. The minimum absolute atomic E-state index is 0.297. The lowest BCUT2D eigenvalue weighted by Gasteiger charge is -2.12. The summed E-state index contributed by atoms with van der Waals surface area (Å²) in [5, 5.41) is 3.13. The molecule has 3 N–H and O–H groups in total. The van der Waals surface area contributed by atoms with Crippen molar-refractivity contribution in [2.24, 2.45) is 5.92 Å². The van der Waals surface area contributed by atoms with Crippen LogP contribution in [0.25, 0.3) is 5.82 Å². The molecule has 8 heteroatoms. The first-order chi connectivity index (χ1) is 12.5. The minimum Gasteiger partial charge on any atom is -0.462 e. The van der Waals surface area contributed by atoms with E-state index in [1.807, 2.05) is 13.8 Å². The van der Waals surface area contributed by atoms with Gasteiger partial charge in [0.1, 0.15) is 18.3 Å². The highest BCUT2D eigenvalue weighted by atomic mass is 16.5. The van der Waals surface area contributed by atoms with Crippen molar-refractivity contribution >= 4 is 23.2 Å².